The Morgan fingerprint density at radius 1 is 1.19 bits per heavy atom. The van der Waals surface area contributed by atoms with Crippen LogP contribution in [0.4, 0.5) is 0 Å². The fourth-order valence-corrected chi connectivity index (χ4v) is 5.01. The van der Waals surface area contributed by atoms with Gasteiger partial charge in [0.05, 0.1) is 6.26 Å². The zero-order valence-corrected chi connectivity index (χ0v) is 18.1. The third-order valence-corrected chi connectivity index (χ3v) is 6.16. The van der Waals surface area contributed by atoms with Gasteiger partial charge in [-0.3, -0.25) is 4.90 Å². The number of guanidine groups is 3. The molecular formula is C20H22Cl2N8O. The number of likely N-dealkylation sites (tertiary alicyclic amines) is 1. The third-order valence-electron chi connectivity index (χ3n) is 5.73. The molecule has 0 amide bonds. The predicted octanol–water partition coefficient (Wildman–Crippen LogP) is 2.61. The van der Waals surface area contributed by atoms with Gasteiger partial charge in [0.25, 0.3) is 0 Å². The first-order chi connectivity index (χ1) is 14.9. The van der Waals surface area contributed by atoms with Gasteiger partial charge in [0, 0.05) is 29.1 Å². The van der Waals surface area contributed by atoms with Crippen molar-refractivity contribution in [2.24, 2.45) is 26.4 Å². The second-order valence-electron chi connectivity index (χ2n) is 7.88. The van der Waals surface area contributed by atoms with Crippen LogP contribution in [0, 0.1) is 0 Å². The van der Waals surface area contributed by atoms with E-state index < -0.39 is 5.66 Å². The van der Waals surface area contributed by atoms with Crippen molar-refractivity contribution in [1.82, 2.24) is 15.3 Å². The van der Waals surface area contributed by atoms with Crippen LogP contribution in [0.25, 0.3) is 0 Å². The molecule has 2 unspecified atom stereocenters. The van der Waals surface area contributed by atoms with Gasteiger partial charge in [0.1, 0.15) is 5.76 Å². The van der Waals surface area contributed by atoms with Crippen molar-refractivity contribution in [3.63, 3.8) is 0 Å². The summed E-state index contributed by atoms with van der Waals surface area (Å²) in [7, 11) is 0. The van der Waals surface area contributed by atoms with Crippen molar-refractivity contribution in [1.29, 1.82) is 0 Å². The molecule has 1 aromatic heterocycles. The molecule has 0 aliphatic carbocycles. The van der Waals surface area contributed by atoms with E-state index in [9.17, 15) is 0 Å². The van der Waals surface area contributed by atoms with Gasteiger partial charge in [0.15, 0.2) is 5.66 Å². The van der Waals surface area contributed by atoms with Crippen molar-refractivity contribution >= 4 is 41.1 Å². The standard InChI is InChI=1S/C20H22Cl2N8O/c21-13-7-12(8-14(22)9-13)11-29-5-1-3-15(29)10-20(16-4-2-6-31-16)27-19-26-17(23)25-18(24)30(19)28-20/h2,4,6-9,15,28H,1,3,5,10-11H2,(H4,23,24,25,26,27). The summed E-state index contributed by atoms with van der Waals surface area (Å²) in [5.41, 5.74) is 15.4. The normalized spacial score (nSPS) is 25.9. The van der Waals surface area contributed by atoms with Gasteiger partial charge in [0.2, 0.25) is 17.9 Å². The smallest absolute Gasteiger partial charge is 0.248 e. The number of fused-ring (bicyclic) bond motifs is 1. The van der Waals surface area contributed by atoms with Gasteiger partial charge in [-0.05, 0) is 55.3 Å². The van der Waals surface area contributed by atoms with E-state index in [4.69, 9.17) is 44.1 Å². The molecule has 3 aliphatic rings. The molecule has 2 aromatic rings. The maximum atomic E-state index is 6.20. The summed E-state index contributed by atoms with van der Waals surface area (Å²) in [6.07, 6.45) is 4.39. The molecule has 0 radical (unpaired) electrons. The number of nitrogens with zero attached hydrogens (tertiary/aromatic N) is 5. The number of nitrogens with one attached hydrogen (secondary N) is 1. The van der Waals surface area contributed by atoms with Crippen LogP contribution in [0.15, 0.2) is 56.0 Å². The van der Waals surface area contributed by atoms with E-state index in [1.165, 1.54) is 0 Å². The highest BCUT2D eigenvalue weighted by Crippen LogP contribution is 2.38. The monoisotopic (exact) mass is 460 g/mol. The molecule has 31 heavy (non-hydrogen) atoms. The minimum atomic E-state index is -0.869. The molecule has 1 saturated heterocycles. The van der Waals surface area contributed by atoms with Gasteiger partial charge in [-0.2, -0.15) is 15.4 Å². The molecule has 4 heterocycles. The molecular weight excluding hydrogens is 439 g/mol. The minimum Gasteiger partial charge on any atom is -0.465 e. The summed E-state index contributed by atoms with van der Waals surface area (Å²) in [4.78, 5) is 15.5. The Kier molecular flexibility index (Phi) is 5.13. The summed E-state index contributed by atoms with van der Waals surface area (Å²) < 4.78 is 5.77. The number of hydrogen-bond acceptors (Lipinski definition) is 9. The number of hydrogen-bond donors (Lipinski definition) is 3. The molecule has 2 atom stereocenters. The van der Waals surface area contributed by atoms with Gasteiger partial charge < -0.3 is 15.9 Å². The average Bonchev–Trinajstić information content (AvgIpc) is 3.42. The zero-order chi connectivity index (χ0) is 21.6. The van der Waals surface area contributed by atoms with Crippen molar-refractivity contribution in [3.8, 4) is 0 Å². The number of halogens is 2. The van der Waals surface area contributed by atoms with Gasteiger partial charge in [-0.15, -0.1) is 0 Å². The van der Waals surface area contributed by atoms with Crippen LogP contribution in [-0.2, 0) is 12.2 Å². The summed E-state index contributed by atoms with van der Waals surface area (Å²) in [6.45, 7) is 1.71. The van der Waals surface area contributed by atoms with Gasteiger partial charge >= 0.3 is 0 Å². The Hall–Kier alpha value is -2.59. The number of hydrazine groups is 1. The lowest BCUT2D eigenvalue weighted by atomic mass is 9.96. The SMILES string of the molecule is NC1=NC2=NC(CC3CCCN3Cc3cc(Cl)cc(Cl)c3)(c3ccco3)NN2C(N)=N1. The molecule has 0 saturated carbocycles. The molecule has 1 fully saturated rings. The zero-order valence-electron chi connectivity index (χ0n) is 16.6. The van der Waals surface area contributed by atoms with Crippen LogP contribution < -0.4 is 16.9 Å². The van der Waals surface area contributed by atoms with Crippen LogP contribution in [0.3, 0.4) is 0 Å². The van der Waals surface area contributed by atoms with E-state index in [-0.39, 0.29) is 18.0 Å². The second-order valence-corrected chi connectivity index (χ2v) is 8.76. The Bertz CT molecular complexity index is 1060. The molecule has 162 valence electrons. The van der Waals surface area contributed by atoms with E-state index in [1.807, 2.05) is 24.3 Å². The van der Waals surface area contributed by atoms with Crippen LogP contribution in [-0.4, -0.2) is 40.4 Å². The van der Waals surface area contributed by atoms with E-state index in [0.717, 1.165) is 31.5 Å². The molecule has 5 rings (SSSR count). The molecule has 5 N–H and O–H groups in total. The fourth-order valence-electron chi connectivity index (χ4n) is 4.44. The van der Waals surface area contributed by atoms with Crippen LogP contribution in [0.5, 0.6) is 0 Å². The summed E-state index contributed by atoms with van der Waals surface area (Å²) in [5.74, 6) is 1.31. The first-order valence-electron chi connectivity index (χ1n) is 10.0. The number of rotatable bonds is 5. The Balaban J connectivity index is 1.43. The minimum absolute atomic E-state index is 0.0740. The Morgan fingerprint density at radius 3 is 2.74 bits per heavy atom. The van der Waals surface area contributed by atoms with Crippen LogP contribution in [0.2, 0.25) is 10.0 Å². The highest BCUT2D eigenvalue weighted by Gasteiger charge is 2.48. The van der Waals surface area contributed by atoms with Gasteiger partial charge in [-0.1, -0.05) is 23.2 Å². The fraction of sp³-hybridized carbons (Fsp3) is 0.350. The molecule has 0 spiro atoms. The Labute approximate surface area is 189 Å². The molecule has 11 heteroatoms. The highest BCUT2D eigenvalue weighted by atomic mass is 35.5. The van der Waals surface area contributed by atoms with Crippen LogP contribution >= 0.6 is 23.2 Å². The van der Waals surface area contributed by atoms with E-state index in [0.29, 0.717) is 28.2 Å². The maximum Gasteiger partial charge on any atom is 0.248 e. The number of nitrogens with two attached hydrogens (primary N) is 2. The lowest BCUT2D eigenvalue weighted by molar-refractivity contribution is 0.147. The predicted molar refractivity (Wildman–Crippen MR) is 121 cm³/mol. The van der Waals surface area contributed by atoms with Crippen LogP contribution in [0.1, 0.15) is 30.6 Å². The number of aliphatic imine (C=N–C) groups is 3. The van der Waals surface area contributed by atoms with Gasteiger partial charge in [-0.25, -0.2) is 10.0 Å². The summed E-state index contributed by atoms with van der Waals surface area (Å²) >= 11 is 12.4. The first kappa shape index (κ1) is 20.3. The lowest BCUT2D eigenvalue weighted by Gasteiger charge is -2.33. The van der Waals surface area contributed by atoms with E-state index in [2.05, 4.69) is 20.3 Å². The first-order valence-corrected chi connectivity index (χ1v) is 10.8. The Morgan fingerprint density at radius 2 is 2.00 bits per heavy atom. The maximum absolute atomic E-state index is 6.20. The summed E-state index contributed by atoms with van der Waals surface area (Å²) in [5, 5.41) is 2.82. The summed E-state index contributed by atoms with van der Waals surface area (Å²) in [6, 6.07) is 9.62. The number of furan rings is 1. The average molecular weight is 461 g/mol. The third kappa shape index (κ3) is 3.89. The molecule has 9 nitrogen and oxygen atoms in total. The molecule has 3 aliphatic heterocycles. The van der Waals surface area contributed by atoms with E-state index in [1.54, 1.807) is 17.3 Å². The van der Waals surface area contributed by atoms with Crippen molar-refractivity contribution < 1.29 is 4.42 Å². The quantitative estimate of drug-likeness (QED) is 0.630. The van der Waals surface area contributed by atoms with Crippen molar-refractivity contribution in [2.75, 3.05) is 6.54 Å². The largest absolute Gasteiger partial charge is 0.465 e. The molecule has 1 aromatic carbocycles. The lowest BCUT2D eigenvalue weighted by Crippen LogP contribution is -2.55. The van der Waals surface area contributed by atoms with Crippen molar-refractivity contribution in [2.45, 2.75) is 37.5 Å². The van der Waals surface area contributed by atoms with Crippen molar-refractivity contribution in [3.05, 3.63) is 58.0 Å². The highest BCUT2D eigenvalue weighted by molar-refractivity contribution is 6.34. The second kappa shape index (κ2) is 7.83. The molecule has 0 bridgehead atoms. The number of benzene rings is 1. The topological polar surface area (TPSA) is 121 Å². The van der Waals surface area contributed by atoms with E-state index >= 15 is 0 Å².